The summed E-state index contributed by atoms with van der Waals surface area (Å²) in [5.41, 5.74) is -0.438. The quantitative estimate of drug-likeness (QED) is 0.478. The third kappa shape index (κ3) is 3.56. The fraction of sp³-hybridized carbons (Fsp3) is 0.700. The first-order chi connectivity index (χ1) is 5.40. The van der Waals surface area contributed by atoms with Gasteiger partial charge in [0.15, 0.2) is 0 Å². The number of hydrogen-bond acceptors (Lipinski definition) is 2. The summed E-state index contributed by atoms with van der Waals surface area (Å²) in [4.78, 5) is 11.4. The van der Waals surface area contributed by atoms with Crippen molar-refractivity contribution in [2.75, 3.05) is 0 Å². The Morgan fingerprint density at radius 2 is 2.08 bits per heavy atom. The highest BCUT2D eigenvalue weighted by Gasteiger charge is 2.28. The second-order valence-electron chi connectivity index (χ2n) is 3.83. The first kappa shape index (κ1) is 11.2. The second-order valence-corrected chi connectivity index (χ2v) is 3.83. The van der Waals surface area contributed by atoms with Crippen molar-refractivity contribution < 1.29 is 9.53 Å². The first-order valence-electron chi connectivity index (χ1n) is 4.22. The summed E-state index contributed by atoms with van der Waals surface area (Å²) in [6, 6.07) is 0. The molecule has 2 heteroatoms. The highest BCUT2D eigenvalue weighted by atomic mass is 16.5. The van der Waals surface area contributed by atoms with E-state index in [1.807, 2.05) is 27.7 Å². The van der Waals surface area contributed by atoms with E-state index in [-0.39, 0.29) is 12.1 Å². The lowest BCUT2D eigenvalue weighted by molar-refractivity contribution is -0.157. The average molecular weight is 170 g/mol. The van der Waals surface area contributed by atoms with Gasteiger partial charge < -0.3 is 4.74 Å². The monoisotopic (exact) mass is 170 g/mol. The van der Waals surface area contributed by atoms with E-state index in [2.05, 4.69) is 6.58 Å². The first-order valence-corrected chi connectivity index (χ1v) is 4.22. The predicted molar refractivity (Wildman–Crippen MR) is 49.8 cm³/mol. The van der Waals surface area contributed by atoms with E-state index in [1.54, 1.807) is 6.08 Å². The molecule has 0 saturated carbocycles. The van der Waals surface area contributed by atoms with E-state index in [9.17, 15) is 4.79 Å². The summed E-state index contributed by atoms with van der Waals surface area (Å²) in [6.07, 6.45) is 2.35. The molecule has 2 nitrogen and oxygen atoms in total. The lowest BCUT2D eigenvalue weighted by atomic mass is 9.90. The summed E-state index contributed by atoms with van der Waals surface area (Å²) in [7, 11) is 0. The van der Waals surface area contributed by atoms with E-state index in [0.29, 0.717) is 6.42 Å². The van der Waals surface area contributed by atoms with Gasteiger partial charge in [-0.3, -0.25) is 4.79 Å². The van der Waals surface area contributed by atoms with Gasteiger partial charge in [0.2, 0.25) is 0 Å². The maximum absolute atomic E-state index is 11.4. The molecule has 0 aliphatic rings. The lowest BCUT2D eigenvalue weighted by Crippen LogP contribution is -2.28. The molecule has 0 spiro atoms. The van der Waals surface area contributed by atoms with Crippen LogP contribution in [0.5, 0.6) is 0 Å². The van der Waals surface area contributed by atoms with Crippen LogP contribution in [-0.2, 0) is 9.53 Å². The standard InChI is InChI=1S/C10H18O2/c1-6-7-10(4,5)9(11)12-8(2)3/h6,8H,1,7H2,2-5H3. The van der Waals surface area contributed by atoms with Crippen LogP contribution < -0.4 is 0 Å². The van der Waals surface area contributed by atoms with Crippen LogP contribution in [0.4, 0.5) is 0 Å². The van der Waals surface area contributed by atoms with Crippen LogP contribution in [0.2, 0.25) is 0 Å². The average Bonchev–Trinajstić information content (AvgIpc) is 1.85. The maximum Gasteiger partial charge on any atom is 0.312 e. The van der Waals surface area contributed by atoms with Crippen LogP contribution in [0, 0.1) is 5.41 Å². The molecule has 0 aliphatic carbocycles. The normalized spacial score (nSPS) is 11.4. The van der Waals surface area contributed by atoms with E-state index in [0.717, 1.165) is 0 Å². The summed E-state index contributed by atoms with van der Waals surface area (Å²) in [5, 5.41) is 0. The van der Waals surface area contributed by atoms with Crippen molar-refractivity contribution in [3.63, 3.8) is 0 Å². The number of rotatable bonds is 4. The van der Waals surface area contributed by atoms with E-state index in [1.165, 1.54) is 0 Å². The van der Waals surface area contributed by atoms with E-state index in [4.69, 9.17) is 4.74 Å². The van der Waals surface area contributed by atoms with Gasteiger partial charge >= 0.3 is 5.97 Å². The molecule has 0 rings (SSSR count). The molecule has 0 saturated heterocycles. The number of carbonyl (C=O) groups excluding carboxylic acids is 1. The molecule has 0 fully saturated rings. The van der Waals surface area contributed by atoms with Crippen LogP contribution in [0.15, 0.2) is 12.7 Å². The number of esters is 1. The Bertz CT molecular complexity index is 169. The van der Waals surface area contributed by atoms with Crippen molar-refractivity contribution in [3.05, 3.63) is 12.7 Å². The van der Waals surface area contributed by atoms with Crippen molar-refractivity contribution in [1.82, 2.24) is 0 Å². The van der Waals surface area contributed by atoms with E-state index >= 15 is 0 Å². The molecule has 0 aromatic rings. The molecule has 0 aliphatic heterocycles. The van der Waals surface area contributed by atoms with Crippen molar-refractivity contribution in [3.8, 4) is 0 Å². The van der Waals surface area contributed by atoms with Crippen molar-refractivity contribution >= 4 is 5.97 Å². The molecule has 0 aromatic carbocycles. The van der Waals surface area contributed by atoms with Crippen molar-refractivity contribution in [2.24, 2.45) is 5.41 Å². The molecule has 0 amide bonds. The number of allylic oxidation sites excluding steroid dienone is 1. The highest BCUT2D eigenvalue weighted by Crippen LogP contribution is 2.22. The van der Waals surface area contributed by atoms with Gasteiger partial charge in [0.05, 0.1) is 11.5 Å². The smallest absolute Gasteiger partial charge is 0.312 e. The van der Waals surface area contributed by atoms with Gasteiger partial charge in [-0.05, 0) is 34.1 Å². The summed E-state index contributed by atoms with van der Waals surface area (Å²) in [5.74, 6) is -0.155. The van der Waals surface area contributed by atoms with Crippen molar-refractivity contribution in [1.29, 1.82) is 0 Å². The highest BCUT2D eigenvalue weighted by molar-refractivity contribution is 5.76. The minimum absolute atomic E-state index is 0.0402. The maximum atomic E-state index is 11.4. The summed E-state index contributed by atoms with van der Waals surface area (Å²) >= 11 is 0. The lowest BCUT2D eigenvalue weighted by Gasteiger charge is -2.22. The Morgan fingerprint density at radius 1 is 1.58 bits per heavy atom. The largest absolute Gasteiger partial charge is 0.463 e. The number of carbonyl (C=O) groups is 1. The van der Waals surface area contributed by atoms with Crippen LogP contribution >= 0.6 is 0 Å². The fourth-order valence-electron chi connectivity index (χ4n) is 0.818. The van der Waals surface area contributed by atoms with Gasteiger partial charge in [-0.25, -0.2) is 0 Å². The number of ether oxygens (including phenoxy) is 1. The Kier molecular flexibility index (Phi) is 4.01. The van der Waals surface area contributed by atoms with Gasteiger partial charge in [-0.15, -0.1) is 6.58 Å². The Balaban J connectivity index is 4.14. The van der Waals surface area contributed by atoms with Gasteiger partial charge in [-0.1, -0.05) is 6.08 Å². The second kappa shape index (κ2) is 4.29. The SMILES string of the molecule is C=CCC(C)(C)C(=O)OC(C)C. The Hall–Kier alpha value is -0.790. The zero-order valence-electron chi connectivity index (χ0n) is 8.39. The van der Waals surface area contributed by atoms with Gasteiger partial charge in [-0.2, -0.15) is 0 Å². The minimum Gasteiger partial charge on any atom is -0.463 e. The number of hydrogen-bond donors (Lipinski definition) is 0. The van der Waals surface area contributed by atoms with Gasteiger partial charge in [0.25, 0.3) is 0 Å². The zero-order chi connectivity index (χ0) is 9.78. The molecular weight excluding hydrogens is 152 g/mol. The molecule has 0 unspecified atom stereocenters. The fourth-order valence-corrected chi connectivity index (χ4v) is 0.818. The molecule has 12 heavy (non-hydrogen) atoms. The van der Waals surface area contributed by atoms with Crippen LogP contribution in [-0.4, -0.2) is 12.1 Å². The minimum atomic E-state index is -0.438. The summed E-state index contributed by atoms with van der Waals surface area (Å²) in [6.45, 7) is 11.0. The van der Waals surface area contributed by atoms with Gasteiger partial charge in [0, 0.05) is 0 Å². The summed E-state index contributed by atoms with van der Waals surface area (Å²) < 4.78 is 5.08. The predicted octanol–water partition coefficient (Wildman–Crippen LogP) is 2.54. The molecule has 0 bridgehead atoms. The molecule has 0 radical (unpaired) electrons. The molecule has 0 aromatic heterocycles. The molecular formula is C10H18O2. The Labute approximate surface area is 74.6 Å². The molecule has 0 N–H and O–H groups in total. The van der Waals surface area contributed by atoms with Gasteiger partial charge in [0.1, 0.15) is 0 Å². The third-order valence-electron chi connectivity index (χ3n) is 1.55. The van der Waals surface area contributed by atoms with Crippen LogP contribution in [0.3, 0.4) is 0 Å². The molecule has 0 heterocycles. The zero-order valence-corrected chi connectivity index (χ0v) is 8.39. The Morgan fingerprint density at radius 3 is 2.42 bits per heavy atom. The van der Waals surface area contributed by atoms with Crippen molar-refractivity contribution in [2.45, 2.75) is 40.2 Å². The van der Waals surface area contributed by atoms with Crippen LogP contribution in [0.25, 0.3) is 0 Å². The topological polar surface area (TPSA) is 26.3 Å². The third-order valence-corrected chi connectivity index (χ3v) is 1.55. The van der Waals surface area contributed by atoms with E-state index < -0.39 is 5.41 Å². The molecule has 70 valence electrons. The van der Waals surface area contributed by atoms with Crippen LogP contribution in [0.1, 0.15) is 34.1 Å². The molecule has 0 atom stereocenters.